The van der Waals surface area contributed by atoms with Crippen LogP contribution in [0.2, 0.25) is 0 Å². The van der Waals surface area contributed by atoms with Gasteiger partial charge in [-0.05, 0) is 30.8 Å². The average Bonchev–Trinajstić information content (AvgIpc) is 2.84. The van der Waals surface area contributed by atoms with Crippen molar-refractivity contribution in [1.29, 1.82) is 0 Å². The largest absolute Gasteiger partial charge is 0.381 e. The van der Waals surface area contributed by atoms with E-state index in [-0.39, 0.29) is 12.5 Å². The van der Waals surface area contributed by atoms with Crippen LogP contribution in [0.25, 0.3) is 0 Å². The third-order valence-corrected chi connectivity index (χ3v) is 5.75. The first kappa shape index (κ1) is 22.5. The number of hydrogen-bond acceptors (Lipinski definition) is 7. The van der Waals surface area contributed by atoms with Gasteiger partial charge in [0.1, 0.15) is 0 Å². The van der Waals surface area contributed by atoms with Crippen molar-refractivity contribution >= 4 is 23.2 Å². The van der Waals surface area contributed by atoms with Crippen molar-refractivity contribution in [2.75, 3.05) is 54.9 Å². The Labute approximate surface area is 195 Å². The van der Waals surface area contributed by atoms with Gasteiger partial charge in [0.2, 0.25) is 11.9 Å². The maximum atomic E-state index is 11.7. The Hall–Kier alpha value is -3.65. The Morgan fingerprint density at radius 1 is 1.00 bits per heavy atom. The number of hydrogen-bond donors (Lipinski definition) is 2. The van der Waals surface area contributed by atoms with E-state index in [1.807, 2.05) is 71.9 Å². The lowest BCUT2D eigenvalue weighted by Gasteiger charge is -2.32. The monoisotopic (exact) mass is 445 g/mol. The molecule has 33 heavy (non-hydrogen) atoms. The highest BCUT2D eigenvalue weighted by Crippen LogP contribution is 2.22. The molecule has 0 aliphatic carbocycles. The molecule has 1 amide bonds. The number of nitrogens with two attached hydrogens (primary N) is 1. The van der Waals surface area contributed by atoms with Gasteiger partial charge in [-0.25, -0.2) is 9.97 Å². The number of carbonyl (C=O) groups is 1. The van der Waals surface area contributed by atoms with Gasteiger partial charge in [0, 0.05) is 68.6 Å². The molecule has 8 nitrogen and oxygen atoms in total. The molecular weight excluding hydrogens is 414 g/mol. The summed E-state index contributed by atoms with van der Waals surface area (Å²) in [5.74, 6) is 0.429. The van der Waals surface area contributed by atoms with E-state index < -0.39 is 0 Å². The SMILES string of the molecule is CN1CCN(c2ncc(CNc3cccc(N(CC(N)=O)Cc4ccccc4)c3)cn2)CC1. The fourth-order valence-corrected chi connectivity index (χ4v) is 3.86. The minimum absolute atomic E-state index is 0.153. The van der Waals surface area contributed by atoms with E-state index in [1.165, 1.54) is 0 Å². The second-order valence-electron chi connectivity index (χ2n) is 8.39. The Morgan fingerprint density at radius 2 is 1.73 bits per heavy atom. The zero-order valence-corrected chi connectivity index (χ0v) is 19.0. The molecule has 0 spiro atoms. The third-order valence-electron chi connectivity index (χ3n) is 5.75. The predicted octanol–water partition coefficient (Wildman–Crippen LogP) is 2.33. The summed E-state index contributed by atoms with van der Waals surface area (Å²) in [7, 11) is 2.14. The molecule has 0 radical (unpaired) electrons. The highest BCUT2D eigenvalue weighted by molar-refractivity contribution is 5.80. The smallest absolute Gasteiger partial charge is 0.236 e. The highest BCUT2D eigenvalue weighted by atomic mass is 16.1. The lowest BCUT2D eigenvalue weighted by molar-refractivity contribution is -0.116. The molecule has 4 rings (SSSR count). The molecular formula is C25H31N7O. The summed E-state index contributed by atoms with van der Waals surface area (Å²) in [6, 6.07) is 18.1. The first-order valence-corrected chi connectivity index (χ1v) is 11.2. The molecule has 1 aromatic heterocycles. The zero-order chi connectivity index (χ0) is 23.0. The number of piperazine rings is 1. The van der Waals surface area contributed by atoms with Gasteiger partial charge in [-0.2, -0.15) is 0 Å². The van der Waals surface area contributed by atoms with Gasteiger partial charge in [0.25, 0.3) is 0 Å². The summed E-state index contributed by atoms with van der Waals surface area (Å²) in [5.41, 5.74) is 9.54. The van der Waals surface area contributed by atoms with E-state index in [9.17, 15) is 4.79 Å². The number of rotatable bonds is 9. The molecule has 1 aliphatic heterocycles. The molecule has 2 heterocycles. The fourth-order valence-electron chi connectivity index (χ4n) is 3.86. The van der Waals surface area contributed by atoms with Crippen LogP contribution in [0.15, 0.2) is 67.0 Å². The van der Waals surface area contributed by atoms with E-state index in [0.717, 1.165) is 54.6 Å². The van der Waals surface area contributed by atoms with Crippen LogP contribution < -0.4 is 20.9 Å². The summed E-state index contributed by atoms with van der Waals surface area (Å²) >= 11 is 0. The van der Waals surface area contributed by atoms with Gasteiger partial charge in [0.15, 0.2) is 0 Å². The Morgan fingerprint density at radius 3 is 2.42 bits per heavy atom. The van der Waals surface area contributed by atoms with E-state index >= 15 is 0 Å². The number of primary amides is 1. The van der Waals surface area contributed by atoms with Gasteiger partial charge >= 0.3 is 0 Å². The molecule has 1 saturated heterocycles. The van der Waals surface area contributed by atoms with Crippen LogP contribution in [0, 0.1) is 0 Å². The van der Waals surface area contributed by atoms with Crippen LogP contribution in [-0.2, 0) is 17.9 Å². The molecule has 3 aromatic rings. The van der Waals surface area contributed by atoms with Gasteiger partial charge in [0.05, 0.1) is 6.54 Å². The maximum Gasteiger partial charge on any atom is 0.236 e. The first-order valence-electron chi connectivity index (χ1n) is 11.2. The number of anilines is 3. The summed E-state index contributed by atoms with van der Waals surface area (Å²) in [6.45, 7) is 5.33. The van der Waals surface area contributed by atoms with Crippen LogP contribution in [0.5, 0.6) is 0 Å². The number of benzene rings is 2. The Kier molecular flexibility index (Phi) is 7.36. The van der Waals surface area contributed by atoms with E-state index in [4.69, 9.17) is 5.73 Å². The van der Waals surface area contributed by atoms with E-state index in [2.05, 4.69) is 32.1 Å². The van der Waals surface area contributed by atoms with Crippen molar-refractivity contribution < 1.29 is 4.79 Å². The molecule has 0 unspecified atom stereocenters. The van der Waals surface area contributed by atoms with Crippen LogP contribution >= 0.6 is 0 Å². The van der Waals surface area contributed by atoms with Gasteiger partial charge in [-0.1, -0.05) is 36.4 Å². The number of carbonyl (C=O) groups excluding carboxylic acids is 1. The summed E-state index contributed by atoms with van der Waals surface area (Å²) in [6.07, 6.45) is 3.76. The van der Waals surface area contributed by atoms with Crippen LogP contribution in [0.4, 0.5) is 17.3 Å². The summed E-state index contributed by atoms with van der Waals surface area (Å²) < 4.78 is 0. The maximum absolute atomic E-state index is 11.7. The van der Waals surface area contributed by atoms with Crippen LogP contribution in [0.1, 0.15) is 11.1 Å². The molecule has 0 bridgehead atoms. The van der Waals surface area contributed by atoms with E-state index in [1.54, 1.807) is 0 Å². The first-order chi connectivity index (χ1) is 16.1. The highest BCUT2D eigenvalue weighted by Gasteiger charge is 2.16. The van der Waals surface area contributed by atoms with Crippen molar-refractivity contribution in [2.45, 2.75) is 13.1 Å². The van der Waals surface area contributed by atoms with Crippen LogP contribution in [0.3, 0.4) is 0 Å². The molecule has 1 fully saturated rings. The third kappa shape index (κ3) is 6.43. The topological polar surface area (TPSA) is 90.6 Å². The Balaban J connectivity index is 1.39. The van der Waals surface area contributed by atoms with Crippen molar-refractivity contribution in [2.24, 2.45) is 5.73 Å². The number of amides is 1. The van der Waals surface area contributed by atoms with Gasteiger partial charge < -0.3 is 25.8 Å². The lowest BCUT2D eigenvalue weighted by Crippen LogP contribution is -2.45. The molecule has 0 saturated carbocycles. The number of aromatic nitrogens is 2. The van der Waals surface area contributed by atoms with Crippen molar-refractivity contribution in [3.05, 3.63) is 78.1 Å². The van der Waals surface area contributed by atoms with Gasteiger partial charge in [-0.3, -0.25) is 4.79 Å². The van der Waals surface area contributed by atoms with Crippen LogP contribution in [-0.4, -0.2) is 60.5 Å². The average molecular weight is 446 g/mol. The molecule has 8 heteroatoms. The van der Waals surface area contributed by atoms with Crippen molar-refractivity contribution in [3.63, 3.8) is 0 Å². The summed E-state index contributed by atoms with van der Waals surface area (Å²) in [5, 5.41) is 3.44. The minimum Gasteiger partial charge on any atom is -0.381 e. The number of nitrogens with one attached hydrogen (secondary N) is 1. The zero-order valence-electron chi connectivity index (χ0n) is 19.0. The molecule has 172 valence electrons. The van der Waals surface area contributed by atoms with Gasteiger partial charge in [-0.15, -0.1) is 0 Å². The second-order valence-corrected chi connectivity index (χ2v) is 8.39. The Bertz CT molecular complexity index is 1030. The lowest BCUT2D eigenvalue weighted by atomic mass is 10.2. The molecule has 1 aliphatic rings. The molecule has 3 N–H and O–H groups in total. The number of likely N-dealkylation sites (N-methyl/N-ethyl adjacent to an activating group) is 1. The number of nitrogens with zero attached hydrogens (tertiary/aromatic N) is 5. The molecule has 0 atom stereocenters. The standard InChI is InChI=1S/C25H31N7O/c1-30-10-12-31(13-11-30)25-28-16-21(17-29-25)15-27-22-8-5-9-23(14-22)32(19-24(26)33)18-20-6-3-2-4-7-20/h2-9,14,16-17,27H,10-13,15,18-19H2,1H3,(H2,26,33). The normalized spacial score (nSPS) is 14.2. The predicted molar refractivity (Wildman–Crippen MR) is 132 cm³/mol. The van der Waals surface area contributed by atoms with Crippen molar-refractivity contribution in [3.8, 4) is 0 Å². The van der Waals surface area contributed by atoms with Crippen molar-refractivity contribution in [1.82, 2.24) is 14.9 Å². The molecule has 2 aromatic carbocycles. The quantitative estimate of drug-likeness (QED) is 0.522. The van der Waals surface area contributed by atoms with E-state index in [0.29, 0.717) is 13.1 Å². The second kappa shape index (κ2) is 10.8. The summed E-state index contributed by atoms with van der Waals surface area (Å²) in [4.78, 5) is 27.3. The minimum atomic E-state index is -0.359. The fraction of sp³-hybridized carbons (Fsp3) is 0.320.